The van der Waals surface area contributed by atoms with Crippen LogP contribution in [-0.2, 0) is 28.0 Å². The van der Waals surface area contributed by atoms with E-state index in [1.54, 1.807) is 6.92 Å². The molecule has 0 bridgehead atoms. The Kier molecular flexibility index (Phi) is 12.4. The molecule has 7 heteroatoms. The molecular formula is C15H29O6P. The van der Waals surface area contributed by atoms with Gasteiger partial charge in [0.1, 0.15) is 0 Å². The lowest BCUT2D eigenvalue weighted by Gasteiger charge is -2.15. The molecule has 22 heavy (non-hydrogen) atoms. The molecule has 0 aliphatic rings. The third-order valence-corrected chi connectivity index (χ3v) is 4.17. The average Bonchev–Trinajstić information content (AvgIpc) is 2.48. The van der Waals surface area contributed by atoms with E-state index < -0.39 is 13.8 Å². The number of hydrogen-bond acceptors (Lipinski definition) is 6. The number of hydrogen-bond donors (Lipinski definition) is 0. The number of carbonyl (C=O) groups is 1. The highest BCUT2D eigenvalue weighted by molar-refractivity contribution is 7.48. The molecule has 0 saturated heterocycles. The van der Waals surface area contributed by atoms with Crippen LogP contribution < -0.4 is 0 Å². The first-order chi connectivity index (χ1) is 10.4. The molecule has 0 radical (unpaired) electrons. The Morgan fingerprint density at radius 3 is 2.14 bits per heavy atom. The fourth-order valence-corrected chi connectivity index (χ4v) is 2.61. The van der Waals surface area contributed by atoms with Crippen molar-refractivity contribution in [3.8, 4) is 0 Å². The molecule has 0 N–H and O–H groups in total. The monoisotopic (exact) mass is 336 g/mol. The Morgan fingerprint density at radius 1 is 1.00 bits per heavy atom. The van der Waals surface area contributed by atoms with Crippen molar-refractivity contribution < 1.29 is 28.0 Å². The molecule has 0 saturated carbocycles. The van der Waals surface area contributed by atoms with Gasteiger partial charge in [0.05, 0.1) is 13.2 Å². The quantitative estimate of drug-likeness (QED) is 0.147. The standard InChI is InChI=1S/C15H29O6P/c1-5-7-8-9-10-11-12-13-19-22(17,18-6-2)21-20-15(16)14(3)4/h3,5-13H2,1-2,4H3. The van der Waals surface area contributed by atoms with E-state index in [0.717, 1.165) is 19.3 Å². The molecule has 0 aromatic carbocycles. The zero-order valence-electron chi connectivity index (χ0n) is 14.0. The second-order valence-electron chi connectivity index (χ2n) is 5.05. The summed E-state index contributed by atoms with van der Waals surface area (Å²) in [5, 5.41) is 0. The van der Waals surface area contributed by atoms with Gasteiger partial charge in [-0.3, -0.25) is 13.9 Å². The topological polar surface area (TPSA) is 71.1 Å². The van der Waals surface area contributed by atoms with Gasteiger partial charge in [0, 0.05) is 5.57 Å². The summed E-state index contributed by atoms with van der Waals surface area (Å²) in [6, 6.07) is 0. The van der Waals surface area contributed by atoms with Crippen molar-refractivity contribution in [2.24, 2.45) is 0 Å². The molecule has 0 fully saturated rings. The molecular weight excluding hydrogens is 307 g/mol. The maximum Gasteiger partial charge on any atom is 0.511 e. The van der Waals surface area contributed by atoms with E-state index in [9.17, 15) is 9.36 Å². The molecule has 0 amide bonds. The number of phosphoric acid groups is 1. The molecule has 1 atom stereocenters. The van der Waals surface area contributed by atoms with Gasteiger partial charge in [0.2, 0.25) is 0 Å². The molecule has 130 valence electrons. The lowest BCUT2D eigenvalue weighted by atomic mass is 10.1. The Hall–Kier alpha value is -0.680. The van der Waals surface area contributed by atoms with E-state index in [2.05, 4.69) is 23.1 Å². The van der Waals surface area contributed by atoms with Gasteiger partial charge in [0.15, 0.2) is 0 Å². The predicted molar refractivity (Wildman–Crippen MR) is 85.2 cm³/mol. The van der Waals surface area contributed by atoms with E-state index in [1.165, 1.54) is 32.6 Å². The second kappa shape index (κ2) is 12.8. The highest BCUT2D eigenvalue weighted by Crippen LogP contribution is 2.49. The number of unbranched alkanes of at least 4 members (excludes halogenated alkanes) is 6. The van der Waals surface area contributed by atoms with Crippen LogP contribution in [0.4, 0.5) is 0 Å². The van der Waals surface area contributed by atoms with Crippen LogP contribution in [0.15, 0.2) is 12.2 Å². The molecule has 1 unspecified atom stereocenters. The Morgan fingerprint density at radius 2 is 1.59 bits per heavy atom. The minimum Gasteiger partial charge on any atom is -0.285 e. The first kappa shape index (κ1) is 21.3. The highest BCUT2D eigenvalue weighted by Gasteiger charge is 2.29. The van der Waals surface area contributed by atoms with Crippen molar-refractivity contribution in [3.05, 3.63) is 12.2 Å². The molecule has 6 nitrogen and oxygen atoms in total. The van der Waals surface area contributed by atoms with Crippen molar-refractivity contribution in [2.45, 2.75) is 65.7 Å². The van der Waals surface area contributed by atoms with Crippen LogP contribution in [0.1, 0.15) is 65.7 Å². The van der Waals surface area contributed by atoms with Gasteiger partial charge >= 0.3 is 13.8 Å². The molecule has 0 aromatic rings. The van der Waals surface area contributed by atoms with Crippen molar-refractivity contribution in [1.82, 2.24) is 0 Å². The van der Waals surface area contributed by atoms with Crippen molar-refractivity contribution in [3.63, 3.8) is 0 Å². The van der Waals surface area contributed by atoms with E-state index in [0.29, 0.717) is 0 Å². The van der Waals surface area contributed by atoms with Crippen molar-refractivity contribution in [2.75, 3.05) is 13.2 Å². The van der Waals surface area contributed by atoms with Crippen LogP contribution in [0, 0.1) is 0 Å². The second-order valence-corrected chi connectivity index (χ2v) is 6.61. The van der Waals surface area contributed by atoms with Gasteiger partial charge in [0.25, 0.3) is 0 Å². The van der Waals surface area contributed by atoms with Gasteiger partial charge < -0.3 is 0 Å². The maximum atomic E-state index is 12.1. The van der Waals surface area contributed by atoms with Crippen molar-refractivity contribution >= 4 is 13.8 Å². The Labute approximate surface area is 133 Å². The number of carbonyl (C=O) groups excluding carboxylic acids is 1. The summed E-state index contributed by atoms with van der Waals surface area (Å²) in [5.41, 5.74) is 0.134. The van der Waals surface area contributed by atoms with Crippen LogP contribution in [0.3, 0.4) is 0 Å². The van der Waals surface area contributed by atoms with E-state index in [4.69, 9.17) is 9.05 Å². The summed E-state index contributed by atoms with van der Waals surface area (Å²) >= 11 is 0. The summed E-state index contributed by atoms with van der Waals surface area (Å²) in [5.74, 6) is -0.806. The van der Waals surface area contributed by atoms with Crippen LogP contribution in [0.2, 0.25) is 0 Å². The lowest BCUT2D eigenvalue weighted by Crippen LogP contribution is -2.08. The van der Waals surface area contributed by atoms with Gasteiger partial charge in [-0.2, -0.15) is 0 Å². The fourth-order valence-electron chi connectivity index (χ4n) is 1.62. The Bertz CT molecular complexity index is 369. The first-order valence-corrected chi connectivity index (χ1v) is 9.36. The van der Waals surface area contributed by atoms with Gasteiger partial charge in [-0.25, -0.2) is 9.36 Å². The van der Waals surface area contributed by atoms with E-state index in [-0.39, 0.29) is 18.8 Å². The summed E-state index contributed by atoms with van der Waals surface area (Å²) in [7, 11) is -3.86. The first-order valence-electron chi connectivity index (χ1n) is 7.90. The molecule has 0 aliphatic carbocycles. The summed E-state index contributed by atoms with van der Waals surface area (Å²) < 4.78 is 26.7. The summed E-state index contributed by atoms with van der Waals surface area (Å²) in [6.07, 6.45) is 7.79. The lowest BCUT2D eigenvalue weighted by molar-refractivity contribution is -0.220. The SMILES string of the molecule is C=C(C)C(=O)OOP(=O)(OCC)OCCCCCCCCC. The zero-order valence-corrected chi connectivity index (χ0v) is 14.9. The largest absolute Gasteiger partial charge is 0.511 e. The molecule has 0 aromatic heterocycles. The molecule has 0 spiro atoms. The zero-order chi connectivity index (χ0) is 16.8. The van der Waals surface area contributed by atoms with Gasteiger partial charge in [-0.1, -0.05) is 56.7 Å². The minimum absolute atomic E-state index is 0.124. The number of phosphoric ester groups is 1. The van der Waals surface area contributed by atoms with Crippen LogP contribution >= 0.6 is 7.82 Å². The molecule has 0 aliphatic heterocycles. The Balaban J connectivity index is 3.94. The van der Waals surface area contributed by atoms with Crippen LogP contribution in [0.25, 0.3) is 0 Å². The van der Waals surface area contributed by atoms with Crippen molar-refractivity contribution in [1.29, 1.82) is 0 Å². The molecule has 0 heterocycles. The smallest absolute Gasteiger partial charge is 0.285 e. The van der Waals surface area contributed by atoms with Gasteiger partial charge in [-0.15, -0.1) is 0 Å². The minimum atomic E-state index is -3.86. The van der Waals surface area contributed by atoms with E-state index in [1.807, 2.05) is 0 Å². The number of rotatable bonds is 14. The summed E-state index contributed by atoms with van der Waals surface area (Å²) in [4.78, 5) is 15.6. The highest BCUT2D eigenvalue weighted by atomic mass is 31.2. The normalized spacial score (nSPS) is 13.6. The predicted octanol–water partition coefficient (Wildman–Crippen LogP) is 4.95. The average molecular weight is 336 g/mol. The van der Waals surface area contributed by atoms with Gasteiger partial charge in [-0.05, 0) is 20.3 Å². The maximum absolute atomic E-state index is 12.1. The fraction of sp³-hybridized carbons (Fsp3) is 0.800. The van der Waals surface area contributed by atoms with Crippen LogP contribution in [-0.4, -0.2) is 19.2 Å². The summed E-state index contributed by atoms with van der Waals surface area (Å²) in [6.45, 7) is 9.03. The third-order valence-electron chi connectivity index (χ3n) is 2.84. The third kappa shape index (κ3) is 11.0. The van der Waals surface area contributed by atoms with E-state index >= 15 is 0 Å². The van der Waals surface area contributed by atoms with Crippen LogP contribution in [0.5, 0.6) is 0 Å². The molecule has 0 rings (SSSR count).